The number of aromatic nitrogens is 2. The highest BCUT2D eigenvalue weighted by atomic mass is 32.2. The molecule has 26 heavy (non-hydrogen) atoms. The van der Waals surface area contributed by atoms with Crippen LogP contribution in [0.15, 0.2) is 72.1 Å². The molecule has 0 aliphatic rings. The van der Waals surface area contributed by atoms with Gasteiger partial charge < -0.3 is 0 Å². The van der Waals surface area contributed by atoms with E-state index >= 15 is 0 Å². The smallest absolute Gasteiger partial charge is 0.263 e. The number of sulfonamides is 1. The third-order valence-electron chi connectivity index (χ3n) is 4.13. The van der Waals surface area contributed by atoms with Crippen LogP contribution in [0.4, 0.5) is 5.82 Å². The summed E-state index contributed by atoms with van der Waals surface area (Å²) in [6.07, 6.45) is 1.73. The Morgan fingerprint density at radius 2 is 1.73 bits per heavy atom. The molecule has 0 unspecified atom stereocenters. The van der Waals surface area contributed by atoms with Gasteiger partial charge in [-0.15, -0.1) is 6.58 Å². The molecule has 0 aliphatic carbocycles. The van der Waals surface area contributed by atoms with Crippen LogP contribution >= 0.6 is 0 Å². The summed E-state index contributed by atoms with van der Waals surface area (Å²) in [4.78, 5) is 0.200. The first kappa shape index (κ1) is 17.9. The van der Waals surface area contributed by atoms with Gasteiger partial charge in [0.2, 0.25) is 0 Å². The Hall–Kier alpha value is -2.86. The summed E-state index contributed by atoms with van der Waals surface area (Å²) >= 11 is 0. The molecule has 6 heteroatoms. The average molecular weight is 367 g/mol. The third-order valence-corrected chi connectivity index (χ3v) is 5.49. The van der Waals surface area contributed by atoms with Crippen LogP contribution in [-0.4, -0.2) is 18.2 Å². The lowest BCUT2D eigenvalue weighted by atomic mass is 10.0. The zero-order valence-electron chi connectivity index (χ0n) is 14.8. The van der Waals surface area contributed by atoms with Gasteiger partial charge in [-0.3, -0.25) is 9.40 Å². The van der Waals surface area contributed by atoms with E-state index in [-0.39, 0.29) is 4.90 Å². The second kappa shape index (κ2) is 7.17. The number of nitrogens with zero attached hydrogens (tertiary/aromatic N) is 2. The van der Waals surface area contributed by atoms with E-state index in [2.05, 4.69) is 16.4 Å². The van der Waals surface area contributed by atoms with Crippen molar-refractivity contribution in [2.45, 2.75) is 25.3 Å². The normalized spacial score (nSPS) is 11.3. The summed E-state index contributed by atoms with van der Waals surface area (Å²) in [5.74, 6) is 0.317. The zero-order chi connectivity index (χ0) is 18.7. The Morgan fingerprint density at radius 3 is 2.35 bits per heavy atom. The summed E-state index contributed by atoms with van der Waals surface area (Å²) in [7, 11) is -3.72. The first-order valence-electron chi connectivity index (χ1n) is 8.25. The third kappa shape index (κ3) is 3.55. The van der Waals surface area contributed by atoms with Crippen molar-refractivity contribution in [2.75, 3.05) is 4.72 Å². The number of anilines is 1. The number of rotatable bonds is 6. The Bertz CT molecular complexity index is 1020. The molecule has 3 rings (SSSR count). The van der Waals surface area contributed by atoms with E-state index in [0.29, 0.717) is 12.4 Å². The molecule has 0 aliphatic heterocycles. The molecular weight excluding hydrogens is 346 g/mol. The van der Waals surface area contributed by atoms with Crippen molar-refractivity contribution in [1.29, 1.82) is 0 Å². The first-order valence-corrected chi connectivity index (χ1v) is 9.74. The fourth-order valence-electron chi connectivity index (χ4n) is 2.77. The Morgan fingerprint density at radius 1 is 1.08 bits per heavy atom. The molecule has 1 N–H and O–H groups in total. The van der Waals surface area contributed by atoms with Crippen molar-refractivity contribution in [3.63, 3.8) is 0 Å². The van der Waals surface area contributed by atoms with Gasteiger partial charge in [0.05, 0.1) is 11.4 Å². The van der Waals surface area contributed by atoms with Crippen LogP contribution in [0.5, 0.6) is 0 Å². The van der Waals surface area contributed by atoms with Gasteiger partial charge in [-0.2, -0.15) is 5.10 Å². The van der Waals surface area contributed by atoms with E-state index in [1.807, 2.05) is 38.1 Å². The number of benzene rings is 2. The van der Waals surface area contributed by atoms with Crippen molar-refractivity contribution in [3.05, 3.63) is 78.5 Å². The molecule has 0 fully saturated rings. The van der Waals surface area contributed by atoms with Gasteiger partial charge in [-0.05, 0) is 31.5 Å². The Labute approximate surface area is 154 Å². The van der Waals surface area contributed by atoms with Gasteiger partial charge in [0, 0.05) is 11.3 Å². The zero-order valence-corrected chi connectivity index (χ0v) is 15.6. The monoisotopic (exact) mass is 367 g/mol. The quantitative estimate of drug-likeness (QED) is 0.666. The van der Waals surface area contributed by atoms with E-state index in [9.17, 15) is 8.42 Å². The number of hydrogen-bond donors (Lipinski definition) is 1. The lowest BCUT2D eigenvalue weighted by Crippen LogP contribution is -2.14. The van der Waals surface area contributed by atoms with Gasteiger partial charge in [0.25, 0.3) is 10.0 Å². The Balaban J connectivity index is 2.10. The predicted octanol–water partition coefficient (Wildman–Crippen LogP) is 4.15. The first-order chi connectivity index (χ1) is 12.4. The van der Waals surface area contributed by atoms with Crippen molar-refractivity contribution in [1.82, 2.24) is 9.78 Å². The molecular formula is C20H21N3O2S. The minimum Gasteiger partial charge on any atom is -0.263 e. The molecule has 0 spiro atoms. The average Bonchev–Trinajstić information content (AvgIpc) is 2.92. The van der Waals surface area contributed by atoms with Gasteiger partial charge in [-0.25, -0.2) is 8.42 Å². The van der Waals surface area contributed by atoms with Gasteiger partial charge >= 0.3 is 0 Å². The lowest BCUT2D eigenvalue weighted by molar-refractivity contribution is 0.600. The molecule has 5 nitrogen and oxygen atoms in total. The Kier molecular flexibility index (Phi) is 4.95. The van der Waals surface area contributed by atoms with E-state index in [4.69, 9.17) is 0 Å². The minimum absolute atomic E-state index is 0.200. The van der Waals surface area contributed by atoms with E-state index in [1.54, 1.807) is 41.1 Å². The minimum atomic E-state index is -3.72. The number of nitrogens with one attached hydrogen (secondary N) is 1. The van der Waals surface area contributed by atoms with Gasteiger partial charge in [0.15, 0.2) is 5.82 Å². The lowest BCUT2D eigenvalue weighted by Gasteiger charge is -2.08. The maximum atomic E-state index is 12.7. The number of allylic oxidation sites excluding steroid dienone is 1. The molecule has 0 bridgehead atoms. The molecule has 3 aromatic rings. The molecule has 0 saturated heterocycles. The van der Waals surface area contributed by atoms with Gasteiger partial charge in [0.1, 0.15) is 0 Å². The van der Waals surface area contributed by atoms with Crippen LogP contribution in [0.2, 0.25) is 0 Å². The SMILES string of the molecule is C=CCn1nc(NS(=O)(=O)c2ccccc2)c(-c2ccc(C)cc2)c1C. The molecule has 1 aromatic heterocycles. The van der Waals surface area contributed by atoms with Gasteiger partial charge in [-0.1, -0.05) is 54.1 Å². The van der Waals surface area contributed by atoms with E-state index < -0.39 is 10.0 Å². The van der Waals surface area contributed by atoms with Crippen molar-refractivity contribution in [3.8, 4) is 11.1 Å². The predicted molar refractivity (Wildman–Crippen MR) is 105 cm³/mol. The summed E-state index contributed by atoms with van der Waals surface area (Å²) in [5, 5.41) is 4.46. The second-order valence-corrected chi connectivity index (χ2v) is 7.75. The standard InChI is InChI=1S/C20H21N3O2S/c1-4-14-23-16(3)19(17-12-10-15(2)11-13-17)20(21-23)22-26(24,25)18-8-6-5-7-9-18/h4-13H,1,14H2,2-3H3,(H,21,22). The van der Waals surface area contributed by atoms with Crippen LogP contribution in [0, 0.1) is 13.8 Å². The topological polar surface area (TPSA) is 64.0 Å². The van der Waals surface area contributed by atoms with Crippen LogP contribution in [0.25, 0.3) is 11.1 Å². The molecule has 0 radical (unpaired) electrons. The highest BCUT2D eigenvalue weighted by Crippen LogP contribution is 2.32. The van der Waals surface area contributed by atoms with Crippen LogP contribution < -0.4 is 4.72 Å². The summed E-state index contributed by atoms with van der Waals surface area (Å²) < 4.78 is 29.9. The largest absolute Gasteiger partial charge is 0.263 e. The molecule has 2 aromatic carbocycles. The van der Waals surface area contributed by atoms with E-state index in [1.165, 1.54) is 0 Å². The highest BCUT2D eigenvalue weighted by molar-refractivity contribution is 7.92. The molecule has 134 valence electrons. The summed E-state index contributed by atoms with van der Waals surface area (Å²) in [6.45, 7) is 8.17. The maximum Gasteiger partial charge on any atom is 0.263 e. The fraction of sp³-hybridized carbons (Fsp3) is 0.150. The highest BCUT2D eigenvalue weighted by Gasteiger charge is 2.22. The van der Waals surface area contributed by atoms with Crippen LogP contribution in [0.1, 0.15) is 11.3 Å². The number of aryl methyl sites for hydroxylation is 1. The van der Waals surface area contributed by atoms with Crippen molar-refractivity contribution in [2.24, 2.45) is 0 Å². The van der Waals surface area contributed by atoms with Crippen molar-refractivity contribution >= 4 is 15.8 Å². The van der Waals surface area contributed by atoms with Crippen LogP contribution in [0.3, 0.4) is 0 Å². The van der Waals surface area contributed by atoms with Crippen molar-refractivity contribution < 1.29 is 8.42 Å². The fourth-order valence-corrected chi connectivity index (χ4v) is 3.80. The summed E-state index contributed by atoms with van der Waals surface area (Å²) in [5.41, 5.74) is 3.69. The summed E-state index contributed by atoms with van der Waals surface area (Å²) in [6, 6.07) is 16.2. The van der Waals surface area contributed by atoms with E-state index in [0.717, 1.165) is 22.4 Å². The second-order valence-electron chi connectivity index (χ2n) is 6.06. The molecule has 0 amide bonds. The molecule has 0 atom stereocenters. The van der Waals surface area contributed by atoms with Crippen LogP contribution in [-0.2, 0) is 16.6 Å². The maximum absolute atomic E-state index is 12.7. The molecule has 0 saturated carbocycles. The molecule has 1 heterocycles. The number of hydrogen-bond acceptors (Lipinski definition) is 3.